The Morgan fingerprint density at radius 2 is 1.85 bits per heavy atom. The minimum atomic E-state index is 0.673. The largest absolute Gasteiger partial charge is 0.341 e. The average Bonchev–Trinajstić information content (AvgIpc) is 2.85. The van der Waals surface area contributed by atoms with E-state index in [2.05, 4.69) is 23.3 Å². The van der Waals surface area contributed by atoms with Gasteiger partial charge in [0.2, 0.25) is 0 Å². The number of H-pyrrole nitrogens is 1. The lowest BCUT2D eigenvalue weighted by molar-refractivity contribution is 0.112. The van der Waals surface area contributed by atoms with Crippen molar-refractivity contribution in [2.24, 2.45) is 0 Å². The van der Waals surface area contributed by atoms with Gasteiger partial charge in [-0.3, -0.25) is 4.79 Å². The molecule has 3 nitrogen and oxygen atoms in total. The Kier molecular flexibility index (Phi) is 3.25. The van der Waals surface area contributed by atoms with Gasteiger partial charge in [-0.2, -0.15) is 0 Å². The molecule has 0 bridgehead atoms. The van der Waals surface area contributed by atoms with Gasteiger partial charge < -0.3 is 10.3 Å². The summed E-state index contributed by atoms with van der Waals surface area (Å²) in [6.45, 7) is 2.12. The fraction of sp³-hybridized carbons (Fsp3) is 0.118. The predicted molar refractivity (Wildman–Crippen MR) is 82.8 cm³/mol. The number of benzene rings is 2. The van der Waals surface area contributed by atoms with Crippen LogP contribution in [0.3, 0.4) is 0 Å². The molecule has 0 atom stereocenters. The van der Waals surface area contributed by atoms with Crippen LogP contribution in [0.4, 0.5) is 11.5 Å². The van der Waals surface area contributed by atoms with Gasteiger partial charge in [0.1, 0.15) is 5.82 Å². The molecule has 3 rings (SSSR count). The molecule has 2 aromatic carbocycles. The summed E-state index contributed by atoms with van der Waals surface area (Å²) in [5.41, 5.74) is 3.89. The number of aryl methyl sites for hydroxylation is 1. The molecule has 1 heterocycles. The van der Waals surface area contributed by atoms with Crippen molar-refractivity contribution < 1.29 is 4.79 Å². The third-order valence-corrected chi connectivity index (χ3v) is 3.52. The first-order valence-electron chi connectivity index (χ1n) is 6.74. The Balaban J connectivity index is 2.08. The highest BCUT2D eigenvalue weighted by atomic mass is 16.1. The van der Waals surface area contributed by atoms with Crippen molar-refractivity contribution in [1.82, 2.24) is 4.98 Å². The highest BCUT2D eigenvalue weighted by Gasteiger charge is 2.11. The van der Waals surface area contributed by atoms with E-state index >= 15 is 0 Å². The third-order valence-electron chi connectivity index (χ3n) is 3.52. The van der Waals surface area contributed by atoms with Gasteiger partial charge in [-0.1, -0.05) is 43.3 Å². The first-order valence-corrected chi connectivity index (χ1v) is 6.74. The van der Waals surface area contributed by atoms with Crippen LogP contribution in [0.5, 0.6) is 0 Å². The molecular weight excluding hydrogens is 248 g/mol. The number of anilines is 2. The monoisotopic (exact) mass is 264 g/mol. The van der Waals surface area contributed by atoms with Gasteiger partial charge in [-0.25, -0.2) is 0 Å². The van der Waals surface area contributed by atoms with Gasteiger partial charge >= 0.3 is 0 Å². The van der Waals surface area contributed by atoms with E-state index in [0.717, 1.165) is 35.1 Å². The van der Waals surface area contributed by atoms with Crippen LogP contribution in [0.25, 0.3) is 10.9 Å². The maximum Gasteiger partial charge on any atom is 0.154 e. The van der Waals surface area contributed by atoms with Crippen LogP contribution in [0.2, 0.25) is 0 Å². The average molecular weight is 264 g/mol. The molecule has 3 aromatic rings. The third kappa shape index (κ3) is 2.07. The lowest BCUT2D eigenvalue weighted by Crippen LogP contribution is -1.97. The van der Waals surface area contributed by atoms with E-state index in [1.807, 2.05) is 42.5 Å². The van der Waals surface area contributed by atoms with Crippen molar-refractivity contribution in [2.75, 3.05) is 5.32 Å². The molecule has 1 aromatic heterocycles. The van der Waals surface area contributed by atoms with E-state index < -0.39 is 0 Å². The van der Waals surface area contributed by atoms with Crippen molar-refractivity contribution in [2.45, 2.75) is 13.3 Å². The van der Waals surface area contributed by atoms with E-state index in [0.29, 0.717) is 5.56 Å². The van der Waals surface area contributed by atoms with E-state index in [-0.39, 0.29) is 0 Å². The normalized spacial score (nSPS) is 10.7. The van der Waals surface area contributed by atoms with Crippen LogP contribution in [0.15, 0.2) is 48.5 Å². The zero-order chi connectivity index (χ0) is 13.9. The molecule has 2 N–H and O–H groups in total. The van der Waals surface area contributed by atoms with Crippen LogP contribution in [-0.4, -0.2) is 11.3 Å². The fourth-order valence-corrected chi connectivity index (χ4v) is 2.47. The fourth-order valence-electron chi connectivity index (χ4n) is 2.47. The SMILES string of the molecule is CCc1ccccc1Nc1[nH]c2ccccc2c1C=O. The Morgan fingerprint density at radius 1 is 1.10 bits per heavy atom. The minimum absolute atomic E-state index is 0.673. The molecule has 0 aliphatic rings. The Bertz CT molecular complexity index is 759. The molecular formula is C17H16N2O. The summed E-state index contributed by atoms with van der Waals surface area (Å²) in [6.07, 6.45) is 1.84. The molecule has 0 unspecified atom stereocenters. The number of aromatic nitrogens is 1. The van der Waals surface area contributed by atoms with Crippen molar-refractivity contribution in [3.63, 3.8) is 0 Å². The van der Waals surface area contributed by atoms with Crippen molar-refractivity contribution in [3.8, 4) is 0 Å². The molecule has 0 spiro atoms. The second kappa shape index (κ2) is 5.21. The number of carbonyl (C=O) groups is 1. The summed E-state index contributed by atoms with van der Waals surface area (Å²) in [5, 5.41) is 4.29. The van der Waals surface area contributed by atoms with Crippen molar-refractivity contribution in [1.29, 1.82) is 0 Å². The standard InChI is InChI=1S/C17H16N2O/c1-2-12-7-3-5-9-15(12)18-17-14(11-20)13-8-4-6-10-16(13)19-17/h3-11,18-19H,2H2,1H3. The molecule has 20 heavy (non-hydrogen) atoms. The Hall–Kier alpha value is -2.55. The number of nitrogens with one attached hydrogen (secondary N) is 2. The maximum absolute atomic E-state index is 11.4. The number of rotatable bonds is 4. The van der Waals surface area contributed by atoms with Crippen molar-refractivity contribution >= 4 is 28.7 Å². The summed E-state index contributed by atoms with van der Waals surface area (Å²) in [4.78, 5) is 14.7. The van der Waals surface area contributed by atoms with E-state index in [4.69, 9.17) is 0 Å². The van der Waals surface area contributed by atoms with Gasteiger partial charge in [0.25, 0.3) is 0 Å². The topological polar surface area (TPSA) is 44.9 Å². The number of para-hydroxylation sites is 2. The molecule has 0 radical (unpaired) electrons. The maximum atomic E-state index is 11.4. The molecule has 100 valence electrons. The van der Waals surface area contributed by atoms with E-state index in [1.165, 1.54) is 5.56 Å². The molecule has 0 aliphatic carbocycles. The molecule has 0 aliphatic heterocycles. The molecule has 0 saturated carbocycles. The van der Waals surface area contributed by atoms with Crippen molar-refractivity contribution in [3.05, 3.63) is 59.7 Å². The first-order chi connectivity index (χ1) is 9.83. The zero-order valence-corrected chi connectivity index (χ0v) is 11.3. The summed E-state index contributed by atoms with van der Waals surface area (Å²) in [6, 6.07) is 15.9. The second-order valence-electron chi connectivity index (χ2n) is 4.71. The minimum Gasteiger partial charge on any atom is -0.341 e. The highest BCUT2D eigenvalue weighted by Crippen LogP contribution is 2.28. The zero-order valence-electron chi connectivity index (χ0n) is 11.3. The highest BCUT2D eigenvalue weighted by molar-refractivity contribution is 6.03. The van der Waals surface area contributed by atoms with Crippen LogP contribution in [0, 0.1) is 0 Å². The lowest BCUT2D eigenvalue weighted by Gasteiger charge is -2.09. The lowest BCUT2D eigenvalue weighted by atomic mass is 10.1. The van der Waals surface area contributed by atoms with Crippen LogP contribution in [0.1, 0.15) is 22.8 Å². The van der Waals surface area contributed by atoms with E-state index in [1.54, 1.807) is 0 Å². The number of carbonyl (C=O) groups excluding carboxylic acids is 1. The molecule has 0 fully saturated rings. The smallest absolute Gasteiger partial charge is 0.154 e. The number of aromatic amines is 1. The van der Waals surface area contributed by atoms with Gasteiger partial charge in [-0.05, 0) is 24.1 Å². The Morgan fingerprint density at radius 3 is 2.65 bits per heavy atom. The molecule has 0 saturated heterocycles. The number of aldehydes is 1. The second-order valence-corrected chi connectivity index (χ2v) is 4.71. The van der Waals surface area contributed by atoms with Gasteiger partial charge in [-0.15, -0.1) is 0 Å². The predicted octanol–water partition coefficient (Wildman–Crippen LogP) is 4.29. The first kappa shape index (κ1) is 12.5. The summed E-state index contributed by atoms with van der Waals surface area (Å²) >= 11 is 0. The van der Waals surface area contributed by atoms with Gasteiger partial charge in [0.15, 0.2) is 6.29 Å². The van der Waals surface area contributed by atoms with E-state index in [9.17, 15) is 4.79 Å². The summed E-state index contributed by atoms with van der Waals surface area (Å²) < 4.78 is 0. The van der Waals surface area contributed by atoms with Crippen LogP contribution < -0.4 is 5.32 Å². The molecule has 0 amide bonds. The van der Waals surface area contributed by atoms with Gasteiger partial charge in [0, 0.05) is 16.6 Å². The van der Waals surface area contributed by atoms with Gasteiger partial charge in [0.05, 0.1) is 5.56 Å². The Labute approximate surface area is 117 Å². The number of fused-ring (bicyclic) bond motifs is 1. The van der Waals surface area contributed by atoms with Crippen LogP contribution >= 0.6 is 0 Å². The molecule has 3 heteroatoms. The summed E-state index contributed by atoms with van der Waals surface area (Å²) in [5.74, 6) is 0.752. The quantitative estimate of drug-likeness (QED) is 0.690. The number of hydrogen-bond donors (Lipinski definition) is 2. The summed E-state index contributed by atoms with van der Waals surface area (Å²) in [7, 11) is 0. The van der Waals surface area contributed by atoms with Crippen LogP contribution in [-0.2, 0) is 6.42 Å². The number of hydrogen-bond acceptors (Lipinski definition) is 2.